The lowest BCUT2D eigenvalue weighted by molar-refractivity contribution is 1.06. The van der Waals surface area contributed by atoms with E-state index in [2.05, 4.69) is 43.6 Å². The second-order valence-electron chi connectivity index (χ2n) is 4.26. The molecule has 0 saturated heterocycles. The second kappa shape index (κ2) is 5.36. The molecule has 3 rings (SSSR count). The lowest BCUT2D eigenvalue weighted by Crippen LogP contribution is -2.01. The van der Waals surface area contributed by atoms with Gasteiger partial charge in [-0.3, -0.25) is 0 Å². The smallest absolute Gasteiger partial charge is 0.0950 e. The zero-order valence-electron chi connectivity index (χ0n) is 10.2. The Bertz CT molecular complexity index is 690. The number of aromatic nitrogens is 2. The van der Waals surface area contributed by atoms with Crippen molar-refractivity contribution in [3.63, 3.8) is 0 Å². The monoisotopic (exact) mass is 313 g/mol. The van der Waals surface area contributed by atoms with Gasteiger partial charge in [0.15, 0.2) is 0 Å². The van der Waals surface area contributed by atoms with Crippen LogP contribution >= 0.6 is 15.9 Å². The molecule has 3 aromatic rings. The molecule has 1 heterocycles. The molecule has 0 bridgehead atoms. The molecule has 0 fully saturated rings. The van der Waals surface area contributed by atoms with Gasteiger partial charge in [-0.1, -0.05) is 46.3 Å². The summed E-state index contributed by atoms with van der Waals surface area (Å²) in [4.78, 5) is 0. The molecule has 0 aliphatic heterocycles. The molecule has 0 aliphatic carbocycles. The van der Waals surface area contributed by atoms with Gasteiger partial charge in [0, 0.05) is 16.4 Å². The minimum Gasteiger partial charge on any atom is -0.379 e. The quantitative estimate of drug-likeness (QED) is 0.794. The van der Waals surface area contributed by atoms with Gasteiger partial charge in [0.05, 0.1) is 17.4 Å². The van der Waals surface area contributed by atoms with Crippen LogP contribution in [0.25, 0.3) is 10.9 Å². The van der Waals surface area contributed by atoms with E-state index in [-0.39, 0.29) is 0 Å². The molecular weight excluding hydrogens is 302 g/mol. The van der Waals surface area contributed by atoms with Gasteiger partial charge < -0.3 is 5.32 Å². The summed E-state index contributed by atoms with van der Waals surface area (Å²) in [7, 11) is 0. The van der Waals surface area contributed by atoms with Crippen LogP contribution in [-0.2, 0) is 6.54 Å². The summed E-state index contributed by atoms with van der Waals surface area (Å²) in [6.07, 6.45) is 1.77. The highest BCUT2D eigenvalue weighted by molar-refractivity contribution is 9.10. The number of fused-ring (bicyclic) bond motifs is 1. The van der Waals surface area contributed by atoms with Crippen LogP contribution < -0.4 is 5.32 Å². The van der Waals surface area contributed by atoms with E-state index >= 15 is 0 Å². The Hall–Kier alpha value is -1.94. The van der Waals surface area contributed by atoms with Crippen molar-refractivity contribution < 1.29 is 0 Å². The number of nitrogens with one attached hydrogen (secondary N) is 1. The first-order valence-electron chi connectivity index (χ1n) is 6.02. The number of rotatable bonds is 3. The van der Waals surface area contributed by atoms with E-state index in [1.807, 2.05) is 36.4 Å². The number of benzene rings is 2. The standard InChI is InChI=1S/C15H12BrN3/c16-12-7-5-11(6-8-12)9-17-15-10-18-19-14-4-2-1-3-13(14)15/h1-8,10H,9H2,(H,17,19). The summed E-state index contributed by atoms with van der Waals surface area (Å²) in [5.74, 6) is 0. The number of nitrogens with zero attached hydrogens (tertiary/aromatic N) is 2. The van der Waals surface area contributed by atoms with Gasteiger partial charge in [-0.15, -0.1) is 0 Å². The molecule has 4 heteroatoms. The van der Waals surface area contributed by atoms with Crippen molar-refractivity contribution in [1.29, 1.82) is 0 Å². The molecule has 0 radical (unpaired) electrons. The maximum absolute atomic E-state index is 4.11. The topological polar surface area (TPSA) is 37.8 Å². The van der Waals surface area contributed by atoms with Gasteiger partial charge in [-0.2, -0.15) is 10.2 Å². The maximum atomic E-state index is 4.11. The molecular formula is C15H12BrN3. The fourth-order valence-electron chi connectivity index (χ4n) is 1.95. The predicted octanol–water partition coefficient (Wildman–Crippen LogP) is 4.00. The van der Waals surface area contributed by atoms with Gasteiger partial charge in [0.2, 0.25) is 0 Å². The molecule has 3 nitrogen and oxygen atoms in total. The van der Waals surface area contributed by atoms with Crippen molar-refractivity contribution in [1.82, 2.24) is 10.2 Å². The van der Waals surface area contributed by atoms with E-state index in [4.69, 9.17) is 0 Å². The van der Waals surface area contributed by atoms with Crippen molar-refractivity contribution in [2.45, 2.75) is 6.54 Å². The minimum atomic E-state index is 0.767. The third-order valence-corrected chi connectivity index (χ3v) is 3.47. The molecule has 1 N–H and O–H groups in total. The average molecular weight is 314 g/mol. The lowest BCUT2D eigenvalue weighted by Gasteiger charge is -2.08. The zero-order valence-corrected chi connectivity index (χ0v) is 11.8. The van der Waals surface area contributed by atoms with E-state index < -0.39 is 0 Å². The Morgan fingerprint density at radius 2 is 1.79 bits per heavy atom. The first-order chi connectivity index (χ1) is 9.33. The predicted molar refractivity (Wildman–Crippen MR) is 81.0 cm³/mol. The largest absolute Gasteiger partial charge is 0.379 e. The Kier molecular flexibility index (Phi) is 3.42. The van der Waals surface area contributed by atoms with Crippen LogP contribution in [0.5, 0.6) is 0 Å². The van der Waals surface area contributed by atoms with E-state index in [1.165, 1.54) is 5.56 Å². The van der Waals surface area contributed by atoms with Gasteiger partial charge in [-0.25, -0.2) is 0 Å². The molecule has 0 unspecified atom stereocenters. The number of hydrogen-bond acceptors (Lipinski definition) is 3. The maximum Gasteiger partial charge on any atom is 0.0950 e. The molecule has 0 atom stereocenters. The molecule has 19 heavy (non-hydrogen) atoms. The molecule has 0 spiro atoms. The van der Waals surface area contributed by atoms with Gasteiger partial charge >= 0.3 is 0 Å². The Morgan fingerprint density at radius 3 is 2.63 bits per heavy atom. The molecule has 1 aromatic heterocycles. The van der Waals surface area contributed by atoms with Crippen molar-refractivity contribution in [2.75, 3.05) is 5.32 Å². The van der Waals surface area contributed by atoms with Gasteiger partial charge in [0.1, 0.15) is 0 Å². The van der Waals surface area contributed by atoms with E-state index in [1.54, 1.807) is 6.20 Å². The van der Waals surface area contributed by atoms with Crippen LogP contribution in [0.2, 0.25) is 0 Å². The van der Waals surface area contributed by atoms with Crippen molar-refractivity contribution in [3.8, 4) is 0 Å². The summed E-state index contributed by atoms with van der Waals surface area (Å²) in [6, 6.07) is 16.3. The first-order valence-corrected chi connectivity index (χ1v) is 6.81. The van der Waals surface area contributed by atoms with Crippen LogP contribution in [0.1, 0.15) is 5.56 Å². The van der Waals surface area contributed by atoms with Gasteiger partial charge in [0.25, 0.3) is 0 Å². The third kappa shape index (κ3) is 2.74. The van der Waals surface area contributed by atoms with E-state index in [9.17, 15) is 0 Å². The van der Waals surface area contributed by atoms with Crippen LogP contribution in [0.3, 0.4) is 0 Å². The number of hydrogen-bond donors (Lipinski definition) is 1. The van der Waals surface area contributed by atoms with Crippen molar-refractivity contribution in [2.24, 2.45) is 0 Å². The van der Waals surface area contributed by atoms with E-state index in [0.717, 1.165) is 27.6 Å². The van der Waals surface area contributed by atoms with Crippen molar-refractivity contribution in [3.05, 3.63) is 64.8 Å². The highest BCUT2D eigenvalue weighted by atomic mass is 79.9. The molecule has 94 valence electrons. The summed E-state index contributed by atoms with van der Waals surface area (Å²) >= 11 is 3.44. The Morgan fingerprint density at radius 1 is 1.00 bits per heavy atom. The van der Waals surface area contributed by atoms with Crippen LogP contribution in [0.4, 0.5) is 5.69 Å². The Balaban J connectivity index is 1.84. The fraction of sp³-hybridized carbons (Fsp3) is 0.0667. The second-order valence-corrected chi connectivity index (χ2v) is 5.17. The number of halogens is 1. The minimum absolute atomic E-state index is 0.767. The molecule has 0 saturated carbocycles. The SMILES string of the molecule is Brc1ccc(CNc2cnnc3ccccc23)cc1. The normalized spacial score (nSPS) is 10.6. The molecule has 2 aromatic carbocycles. The Labute approximate surface area is 119 Å². The summed E-state index contributed by atoms with van der Waals surface area (Å²) < 4.78 is 1.09. The van der Waals surface area contributed by atoms with E-state index in [0.29, 0.717) is 0 Å². The lowest BCUT2D eigenvalue weighted by atomic mass is 10.2. The van der Waals surface area contributed by atoms with Crippen LogP contribution in [-0.4, -0.2) is 10.2 Å². The molecule has 0 aliphatic rings. The average Bonchev–Trinajstić information content (AvgIpc) is 2.47. The molecule has 0 amide bonds. The summed E-state index contributed by atoms with van der Waals surface area (Å²) in [6.45, 7) is 0.767. The van der Waals surface area contributed by atoms with Crippen molar-refractivity contribution >= 4 is 32.5 Å². The summed E-state index contributed by atoms with van der Waals surface area (Å²) in [5, 5.41) is 12.6. The van der Waals surface area contributed by atoms with Gasteiger partial charge in [-0.05, 0) is 23.8 Å². The third-order valence-electron chi connectivity index (χ3n) is 2.94. The fourth-order valence-corrected chi connectivity index (χ4v) is 2.21. The summed E-state index contributed by atoms with van der Waals surface area (Å²) in [5.41, 5.74) is 3.14. The highest BCUT2D eigenvalue weighted by Crippen LogP contribution is 2.20. The van der Waals surface area contributed by atoms with Crippen LogP contribution in [0.15, 0.2) is 59.2 Å². The first kappa shape index (κ1) is 12.1. The number of anilines is 1. The highest BCUT2D eigenvalue weighted by Gasteiger charge is 2.01. The van der Waals surface area contributed by atoms with Crippen LogP contribution in [0, 0.1) is 0 Å². The zero-order chi connectivity index (χ0) is 13.1.